The van der Waals surface area contributed by atoms with Gasteiger partial charge in [0.1, 0.15) is 27.7 Å². The maximum atomic E-state index is 14.1. The number of hydrogen-bond donors (Lipinski definition) is 4. The number of amides is 1. The van der Waals surface area contributed by atoms with Crippen molar-refractivity contribution < 1.29 is 13.6 Å². The zero-order valence-corrected chi connectivity index (χ0v) is 17.3. The van der Waals surface area contributed by atoms with E-state index in [9.17, 15) is 13.6 Å². The van der Waals surface area contributed by atoms with Gasteiger partial charge in [0.2, 0.25) is 0 Å². The van der Waals surface area contributed by atoms with Crippen LogP contribution in [0.15, 0.2) is 23.2 Å². The fraction of sp³-hybridized carbons (Fsp3) is 0.400. The Labute approximate surface area is 177 Å². The molecular formula is C20H24F2N6OS. The highest BCUT2D eigenvalue weighted by Crippen LogP contribution is 2.33. The Balaban J connectivity index is 1.82. The van der Waals surface area contributed by atoms with Crippen molar-refractivity contribution in [1.29, 1.82) is 5.41 Å². The molecule has 10 heteroatoms. The van der Waals surface area contributed by atoms with E-state index in [-0.39, 0.29) is 33.2 Å². The molecule has 2 aromatic rings. The van der Waals surface area contributed by atoms with Crippen molar-refractivity contribution in [2.24, 2.45) is 16.6 Å². The first kappa shape index (κ1) is 22.0. The predicted molar refractivity (Wildman–Crippen MR) is 115 cm³/mol. The Hall–Kier alpha value is -2.72. The van der Waals surface area contributed by atoms with E-state index in [2.05, 4.69) is 15.3 Å². The van der Waals surface area contributed by atoms with Gasteiger partial charge in [-0.15, -0.1) is 0 Å². The number of rotatable bonds is 6. The van der Waals surface area contributed by atoms with Crippen LogP contribution in [0.25, 0.3) is 10.6 Å². The van der Waals surface area contributed by atoms with Gasteiger partial charge in [0.25, 0.3) is 5.91 Å². The van der Waals surface area contributed by atoms with Gasteiger partial charge in [0.15, 0.2) is 5.69 Å². The molecule has 160 valence electrons. The molecule has 3 unspecified atom stereocenters. The Morgan fingerprint density at radius 3 is 2.70 bits per heavy atom. The normalized spacial score (nSPS) is 20.6. The Morgan fingerprint density at radius 1 is 1.40 bits per heavy atom. The summed E-state index contributed by atoms with van der Waals surface area (Å²) >= 11 is 0.823. The lowest BCUT2D eigenvalue weighted by molar-refractivity contribution is 0.0950. The van der Waals surface area contributed by atoms with Crippen molar-refractivity contribution >= 4 is 34.2 Å². The highest BCUT2D eigenvalue weighted by molar-refractivity contribution is 7.19. The summed E-state index contributed by atoms with van der Waals surface area (Å²) in [6.45, 7) is 0. The number of benzene rings is 1. The number of thiazole rings is 1. The summed E-state index contributed by atoms with van der Waals surface area (Å²) in [5.74, 6) is -2.15. The first-order valence-corrected chi connectivity index (χ1v) is 10.4. The summed E-state index contributed by atoms with van der Waals surface area (Å²) in [5, 5.41) is 10.5. The van der Waals surface area contributed by atoms with Crippen molar-refractivity contribution in [3.8, 4) is 10.6 Å². The molecule has 1 aliphatic rings. The number of hydrogen-bond acceptors (Lipinski definition) is 7. The average molecular weight is 435 g/mol. The summed E-state index contributed by atoms with van der Waals surface area (Å²) < 4.78 is 28.1. The number of carbonyl (C=O) groups excluding carboxylic acids is 1. The number of anilines is 1. The summed E-state index contributed by atoms with van der Waals surface area (Å²) in [7, 11) is 1.62. The van der Waals surface area contributed by atoms with Gasteiger partial charge in [-0.2, -0.15) is 0 Å². The van der Waals surface area contributed by atoms with Gasteiger partial charge >= 0.3 is 0 Å². The molecule has 0 radical (unpaired) electrons. The average Bonchev–Trinajstić information content (AvgIpc) is 3.09. The molecule has 1 fully saturated rings. The van der Waals surface area contributed by atoms with E-state index in [0.29, 0.717) is 5.71 Å². The smallest absolute Gasteiger partial charge is 0.273 e. The van der Waals surface area contributed by atoms with E-state index in [0.717, 1.165) is 55.4 Å². The van der Waals surface area contributed by atoms with Crippen LogP contribution < -0.4 is 16.8 Å². The van der Waals surface area contributed by atoms with E-state index in [1.165, 1.54) is 6.07 Å². The zero-order chi connectivity index (χ0) is 21.8. The Bertz CT molecular complexity index is 956. The largest absolute Gasteiger partial charge is 0.389 e. The quantitative estimate of drug-likeness (QED) is 0.521. The SMILES string of the molecule is CN=C(C1CCCC(N)C1)C(C=N)NC(=O)c1nc(-c2c(F)cccc2F)sc1N. The fourth-order valence-electron chi connectivity index (χ4n) is 3.79. The zero-order valence-electron chi connectivity index (χ0n) is 16.5. The van der Waals surface area contributed by atoms with Crippen LogP contribution in [0.1, 0.15) is 36.2 Å². The van der Waals surface area contributed by atoms with Crippen LogP contribution in [0, 0.1) is 23.0 Å². The second kappa shape index (κ2) is 9.40. The minimum atomic E-state index is -0.790. The molecule has 1 amide bonds. The highest BCUT2D eigenvalue weighted by Gasteiger charge is 2.30. The molecule has 6 N–H and O–H groups in total. The number of aliphatic imine (C=N–C) groups is 1. The summed E-state index contributed by atoms with van der Waals surface area (Å²) in [5.41, 5.74) is 12.2. The van der Waals surface area contributed by atoms with E-state index in [1.54, 1.807) is 7.05 Å². The minimum Gasteiger partial charge on any atom is -0.389 e. The van der Waals surface area contributed by atoms with Crippen molar-refractivity contribution in [3.63, 3.8) is 0 Å². The van der Waals surface area contributed by atoms with Gasteiger partial charge < -0.3 is 22.2 Å². The number of halogens is 2. The van der Waals surface area contributed by atoms with Crippen molar-refractivity contribution in [2.75, 3.05) is 12.8 Å². The van der Waals surface area contributed by atoms with E-state index in [1.807, 2.05) is 0 Å². The first-order chi connectivity index (χ1) is 14.3. The molecule has 0 saturated heterocycles. The van der Waals surface area contributed by atoms with Gasteiger partial charge in [-0.05, 0) is 31.4 Å². The van der Waals surface area contributed by atoms with E-state index in [4.69, 9.17) is 16.9 Å². The molecule has 7 nitrogen and oxygen atoms in total. The van der Waals surface area contributed by atoms with Crippen molar-refractivity contribution in [1.82, 2.24) is 10.3 Å². The number of carbonyl (C=O) groups is 1. The van der Waals surface area contributed by atoms with Gasteiger partial charge in [-0.3, -0.25) is 9.79 Å². The number of nitrogens with one attached hydrogen (secondary N) is 2. The molecule has 0 bridgehead atoms. The van der Waals surface area contributed by atoms with Gasteiger partial charge in [-0.25, -0.2) is 13.8 Å². The van der Waals surface area contributed by atoms with Crippen LogP contribution >= 0.6 is 11.3 Å². The molecule has 0 spiro atoms. The molecule has 1 aliphatic carbocycles. The predicted octanol–water partition coefficient (Wildman–Crippen LogP) is 3.01. The van der Waals surface area contributed by atoms with Gasteiger partial charge in [0.05, 0.1) is 5.56 Å². The van der Waals surface area contributed by atoms with E-state index >= 15 is 0 Å². The maximum Gasteiger partial charge on any atom is 0.273 e. The lowest BCUT2D eigenvalue weighted by Gasteiger charge is -2.30. The van der Waals surface area contributed by atoms with E-state index < -0.39 is 23.6 Å². The van der Waals surface area contributed by atoms with Crippen molar-refractivity contribution in [3.05, 3.63) is 35.5 Å². The number of nitrogens with zero attached hydrogens (tertiary/aromatic N) is 2. The fourth-order valence-corrected chi connectivity index (χ4v) is 4.66. The van der Waals surface area contributed by atoms with Crippen LogP contribution in [0.3, 0.4) is 0 Å². The molecule has 3 atom stereocenters. The van der Waals surface area contributed by atoms with Gasteiger partial charge in [-0.1, -0.05) is 23.8 Å². The summed E-state index contributed by atoms with van der Waals surface area (Å²) in [6.07, 6.45) is 4.62. The maximum absolute atomic E-state index is 14.1. The van der Waals surface area contributed by atoms with Crippen LogP contribution in [-0.4, -0.2) is 41.9 Å². The van der Waals surface area contributed by atoms with Crippen LogP contribution in [-0.2, 0) is 0 Å². The number of nitrogen functional groups attached to an aromatic ring is 1. The summed E-state index contributed by atoms with van der Waals surface area (Å²) in [6, 6.07) is 2.79. The Morgan fingerprint density at radius 2 is 2.10 bits per heavy atom. The second-order valence-corrected chi connectivity index (χ2v) is 8.25. The van der Waals surface area contributed by atoms with Crippen LogP contribution in [0.4, 0.5) is 13.8 Å². The second-order valence-electron chi connectivity index (χ2n) is 7.22. The first-order valence-electron chi connectivity index (χ1n) is 9.60. The molecule has 1 aromatic carbocycles. The lowest BCUT2D eigenvalue weighted by atomic mass is 9.81. The van der Waals surface area contributed by atoms with Crippen LogP contribution in [0.5, 0.6) is 0 Å². The van der Waals surface area contributed by atoms with Crippen molar-refractivity contribution in [2.45, 2.75) is 37.8 Å². The molecule has 1 saturated carbocycles. The standard InChI is InChI=1S/C20H24F2N6OS/c1-26-16(10-4-2-5-11(24)8-10)14(9-23)27-19(29)17-18(25)30-20(28-17)15-12(21)6-3-7-13(15)22/h3,6-7,9-11,14,23H,2,4-5,8,24-25H2,1H3,(H,27,29). The molecular weight excluding hydrogens is 410 g/mol. The Kier molecular flexibility index (Phi) is 6.88. The third-order valence-corrected chi connectivity index (χ3v) is 6.11. The lowest BCUT2D eigenvalue weighted by Crippen LogP contribution is -2.46. The number of aromatic nitrogens is 1. The number of nitrogens with two attached hydrogens (primary N) is 2. The third-order valence-electron chi connectivity index (χ3n) is 5.21. The topological polar surface area (TPSA) is 130 Å². The third kappa shape index (κ3) is 4.54. The minimum absolute atomic E-state index is 0.0257. The van der Waals surface area contributed by atoms with Crippen LogP contribution in [0.2, 0.25) is 0 Å². The highest BCUT2D eigenvalue weighted by atomic mass is 32.1. The molecule has 1 heterocycles. The molecule has 0 aliphatic heterocycles. The van der Waals surface area contributed by atoms with Gasteiger partial charge in [0, 0.05) is 30.9 Å². The monoisotopic (exact) mass is 434 g/mol. The summed E-state index contributed by atoms with van der Waals surface area (Å²) in [4.78, 5) is 21.2. The molecule has 1 aromatic heterocycles. The molecule has 30 heavy (non-hydrogen) atoms. The molecule has 3 rings (SSSR count).